The molecule has 1 heterocycles. The monoisotopic (exact) mass is 401 g/mol. The summed E-state index contributed by atoms with van der Waals surface area (Å²) in [5.41, 5.74) is 5.19. The number of allylic oxidation sites excluding steroid dienone is 1. The van der Waals surface area contributed by atoms with Crippen molar-refractivity contribution in [2.45, 2.75) is 54.4 Å². The van der Waals surface area contributed by atoms with Gasteiger partial charge in [0.15, 0.2) is 0 Å². The Morgan fingerprint density at radius 1 is 0.667 bits per heavy atom. The summed E-state index contributed by atoms with van der Waals surface area (Å²) in [7, 11) is 0. The third-order valence-electron chi connectivity index (χ3n) is 4.10. The molecule has 0 fully saturated rings. The van der Waals surface area contributed by atoms with Gasteiger partial charge in [-0.25, -0.2) is 0 Å². The molecule has 0 radical (unpaired) electrons. The number of aromatic nitrogens is 1. The average Bonchev–Trinajstić information content (AvgIpc) is 2.70. The Hall–Kier alpha value is -2.67. The highest BCUT2D eigenvalue weighted by atomic mass is 14.6. The van der Waals surface area contributed by atoms with Gasteiger partial charge in [0.1, 0.15) is 0 Å². The molecule has 0 bridgehead atoms. The highest BCUT2D eigenvalue weighted by Gasteiger charge is 1.95. The van der Waals surface area contributed by atoms with Crippen LogP contribution >= 0.6 is 0 Å². The minimum absolute atomic E-state index is 0.766. The van der Waals surface area contributed by atoms with Crippen molar-refractivity contribution in [2.24, 2.45) is 11.8 Å². The maximum absolute atomic E-state index is 4.14. The zero-order chi connectivity index (χ0) is 22.2. The van der Waals surface area contributed by atoms with Gasteiger partial charge in [-0.1, -0.05) is 100.0 Å². The minimum Gasteiger partial charge on any atom is -0.257 e. The molecule has 160 valence electrons. The molecule has 0 N–H and O–H groups in total. The first kappa shape index (κ1) is 25.4. The van der Waals surface area contributed by atoms with Crippen LogP contribution in [0.5, 0.6) is 0 Å². The molecule has 1 aromatic heterocycles. The fourth-order valence-electron chi connectivity index (χ4n) is 2.93. The molecule has 3 rings (SSSR count). The van der Waals surface area contributed by atoms with Gasteiger partial charge in [-0.05, 0) is 67.9 Å². The summed E-state index contributed by atoms with van der Waals surface area (Å²) in [6.07, 6.45) is 6.25. The zero-order valence-corrected chi connectivity index (χ0v) is 19.7. The number of hydrogen-bond donors (Lipinski definition) is 0. The summed E-state index contributed by atoms with van der Waals surface area (Å²) in [4.78, 5) is 4.14. The van der Waals surface area contributed by atoms with E-state index in [0.29, 0.717) is 0 Å². The van der Waals surface area contributed by atoms with Crippen LogP contribution in [0.4, 0.5) is 0 Å². The van der Waals surface area contributed by atoms with Crippen LogP contribution in [-0.4, -0.2) is 4.98 Å². The predicted molar refractivity (Wildman–Crippen MR) is 134 cm³/mol. The van der Waals surface area contributed by atoms with Gasteiger partial charge >= 0.3 is 0 Å². The second-order valence-corrected chi connectivity index (χ2v) is 8.64. The summed E-state index contributed by atoms with van der Waals surface area (Å²) >= 11 is 0. The van der Waals surface area contributed by atoms with Crippen LogP contribution in [-0.2, 0) is 12.8 Å². The van der Waals surface area contributed by atoms with Gasteiger partial charge in [0.05, 0.1) is 5.69 Å². The number of benzene rings is 2. The molecule has 0 aliphatic carbocycles. The largest absolute Gasteiger partial charge is 0.257 e. The van der Waals surface area contributed by atoms with E-state index in [2.05, 4.69) is 113 Å². The van der Waals surface area contributed by atoms with E-state index < -0.39 is 0 Å². The van der Waals surface area contributed by atoms with Crippen molar-refractivity contribution in [2.75, 3.05) is 0 Å². The third kappa shape index (κ3) is 13.5. The maximum Gasteiger partial charge on any atom is 0.0628 e. The molecule has 0 aliphatic heterocycles. The normalized spacial score (nSPS) is 9.87. The molecule has 1 nitrogen and oxygen atoms in total. The van der Waals surface area contributed by atoms with Gasteiger partial charge in [-0.2, -0.15) is 0 Å². The number of nitrogens with zero attached hydrogens (tertiary/aromatic N) is 1. The molecule has 0 saturated carbocycles. The number of hydrogen-bond acceptors (Lipinski definition) is 1. The minimum atomic E-state index is 0.766. The SMILES string of the molecule is CC(C)=Cc1ccccn1.CC(C)Cc1ccccc1.CC(C)Cc1ccccc1. The zero-order valence-electron chi connectivity index (χ0n) is 19.7. The fraction of sp³-hybridized carbons (Fsp3) is 0.345. The van der Waals surface area contributed by atoms with Crippen molar-refractivity contribution in [3.8, 4) is 0 Å². The first-order chi connectivity index (χ1) is 14.4. The summed E-state index contributed by atoms with van der Waals surface area (Å²) in [5.74, 6) is 1.53. The average molecular weight is 402 g/mol. The van der Waals surface area contributed by atoms with E-state index in [9.17, 15) is 0 Å². The Balaban J connectivity index is 0.000000225. The molecule has 0 amide bonds. The van der Waals surface area contributed by atoms with Crippen molar-refractivity contribution in [1.29, 1.82) is 0 Å². The summed E-state index contributed by atoms with van der Waals surface area (Å²) in [6.45, 7) is 13.1. The standard InChI is InChI=1S/2C10H14.C9H11N/c2*1-9(2)8-10-6-4-3-5-7-10;1-8(2)7-9-5-3-4-6-10-9/h2*3-7,9H,8H2,1-2H3;3-7H,1-2H3. The van der Waals surface area contributed by atoms with E-state index in [0.717, 1.165) is 17.5 Å². The number of rotatable bonds is 5. The van der Waals surface area contributed by atoms with Crippen LogP contribution in [0.3, 0.4) is 0 Å². The fourth-order valence-corrected chi connectivity index (χ4v) is 2.93. The van der Waals surface area contributed by atoms with E-state index in [1.165, 1.54) is 29.5 Å². The van der Waals surface area contributed by atoms with E-state index in [1.54, 1.807) is 6.20 Å². The van der Waals surface area contributed by atoms with Gasteiger partial charge in [-0.3, -0.25) is 4.98 Å². The van der Waals surface area contributed by atoms with Crippen LogP contribution in [0, 0.1) is 11.8 Å². The van der Waals surface area contributed by atoms with Crippen molar-refractivity contribution >= 4 is 6.08 Å². The van der Waals surface area contributed by atoms with E-state index in [4.69, 9.17) is 0 Å². The van der Waals surface area contributed by atoms with Crippen molar-refractivity contribution in [1.82, 2.24) is 4.98 Å². The van der Waals surface area contributed by atoms with Crippen LogP contribution in [0.1, 0.15) is 58.4 Å². The lowest BCUT2D eigenvalue weighted by atomic mass is 10.0. The molecule has 1 heteroatoms. The highest BCUT2D eigenvalue weighted by molar-refractivity contribution is 5.46. The van der Waals surface area contributed by atoms with Gasteiger partial charge in [-0.15, -0.1) is 0 Å². The van der Waals surface area contributed by atoms with E-state index in [-0.39, 0.29) is 0 Å². The van der Waals surface area contributed by atoms with Gasteiger partial charge < -0.3 is 0 Å². The van der Waals surface area contributed by atoms with Gasteiger partial charge in [0.2, 0.25) is 0 Å². The lowest BCUT2D eigenvalue weighted by Gasteiger charge is -2.02. The highest BCUT2D eigenvalue weighted by Crippen LogP contribution is 2.07. The van der Waals surface area contributed by atoms with Crippen LogP contribution in [0.2, 0.25) is 0 Å². The predicted octanol–water partition coefficient (Wildman–Crippen LogP) is 8.28. The Bertz CT molecular complexity index is 753. The van der Waals surface area contributed by atoms with Crippen LogP contribution < -0.4 is 0 Å². The molecule has 2 aromatic carbocycles. The topological polar surface area (TPSA) is 12.9 Å². The molecule has 0 saturated heterocycles. The van der Waals surface area contributed by atoms with Crippen molar-refractivity contribution < 1.29 is 0 Å². The van der Waals surface area contributed by atoms with Crippen LogP contribution in [0.15, 0.2) is 90.6 Å². The molecule has 0 unspecified atom stereocenters. The molecule has 0 atom stereocenters. The Labute approximate surface area is 184 Å². The van der Waals surface area contributed by atoms with Crippen LogP contribution in [0.25, 0.3) is 6.08 Å². The van der Waals surface area contributed by atoms with Crippen molar-refractivity contribution in [3.05, 3.63) is 107 Å². The molecule has 0 spiro atoms. The maximum atomic E-state index is 4.14. The van der Waals surface area contributed by atoms with E-state index >= 15 is 0 Å². The summed E-state index contributed by atoms with van der Waals surface area (Å²) in [6, 6.07) is 27.1. The third-order valence-corrected chi connectivity index (χ3v) is 4.10. The molecule has 30 heavy (non-hydrogen) atoms. The molecule has 0 aliphatic rings. The quantitative estimate of drug-likeness (QED) is 0.419. The Morgan fingerprint density at radius 2 is 1.10 bits per heavy atom. The summed E-state index contributed by atoms with van der Waals surface area (Å²) < 4.78 is 0. The Kier molecular flexibility index (Phi) is 12.9. The molecule has 3 aromatic rings. The smallest absolute Gasteiger partial charge is 0.0628 e. The van der Waals surface area contributed by atoms with E-state index in [1.807, 2.05) is 18.2 Å². The first-order valence-electron chi connectivity index (χ1n) is 11.0. The summed E-state index contributed by atoms with van der Waals surface area (Å²) in [5, 5.41) is 0. The van der Waals surface area contributed by atoms with Gasteiger partial charge in [0.25, 0.3) is 0 Å². The first-order valence-corrected chi connectivity index (χ1v) is 11.0. The lowest BCUT2D eigenvalue weighted by Crippen LogP contribution is -1.92. The second-order valence-electron chi connectivity index (χ2n) is 8.64. The second kappa shape index (κ2) is 15.2. The van der Waals surface area contributed by atoms with Gasteiger partial charge in [0, 0.05) is 6.20 Å². The molecular weight excluding hydrogens is 362 g/mol. The Morgan fingerprint density at radius 3 is 1.43 bits per heavy atom. The number of pyridine rings is 1. The lowest BCUT2D eigenvalue weighted by molar-refractivity contribution is 0.647. The molecular formula is C29H39N. The van der Waals surface area contributed by atoms with Crippen molar-refractivity contribution in [3.63, 3.8) is 0 Å².